The number of esters is 2. The fourth-order valence-corrected chi connectivity index (χ4v) is 3.11. The molecule has 1 aliphatic rings. The Morgan fingerprint density at radius 1 is 0.867 bits per heavy atom. The van der Waals surface area contributed by atoms with Crippen LogP contribution in [0.2, 0.25) is 0 Å². The number of aliphatic carboxylic acids is 1. The van der Waals surface area contributed by atoms with Crippen LogP contribution in [-0.4, -0.2) is 41.1 Å². The molecule has 1 aromatic rings. The van der Waals surface area contributed by atoms with Crippen LogP contribution in [0.3, 0.4) is 0 Å². The van der Waals surface area contributed by atoms with Gasteiger partial charge in [-0.1, -0.05) is 12.2 Å². The van der Waals surface area contributed by atoms with Gasteiger partial charge in [-0.3, -0.25) is 9.59 Å². The zero-order chi connectivity index (χ0) is 22.4. The molecule has 0 saturated heterocycles. The molecule has 162 valence electrons. The molecule has 2 N–H and O–H groups in total. The van der Waals surface area contributed by atoms with Crippen molar-refractivity contribution < 1.29 is 33.8 Å². The van der Waals surface area contributed by atoms with Crippen LogP contribution in [0.15, 0.2) is 30.4 Å². The number of hydrogen-bond donors (Lipinski definition) is 2. The molecule has 8 nitrogen and oxygen atoms in total. The second-order valence-electron chi connectivity index (χ2n) is 7.69. The molecule has 0 heterocycles. The first kappa shape index (κ1) is 23.1. The number of carboxylic acid groups (broad SMARTS) is 1. The molecule has 1 aliphatic carbocycles. The number of anilines is 1. The molecule has 8 heteroatoms. The van der Waals surface area contributed by atoms with Gasteiger partial charge in [0.15, 0.2) is 0 Å². The predicted molar refractivity (Wildman–Crippen MR) is 109 cm³/mol. The number of ether oxygens (including phenoxy) is 2. The van der Waals surface area contributed by atoms with E-state index in [4.69, 9.17) is 9.47 Å². The van der Waals surface area contributed by atoms with Crippen LogP contribution in [0.1, 0.15) is 61.3 Å². The minimum atomic E-state index is -1.05. The minimum Gasteiger partial charge on any atom is -0.481 e. The zero-order valence-corrected chi connectivity index (χ0v) is 17.5. The van der Waals surface area contributed by atoms with Crippen molar-refractivity contribution in [3.05, 3.63) is 41.5 Å². The molecule has 0 fully saturated rings. The van der Waals surface area contributed by atoms with Gasteiger partial charge < -0.3 is 19.9 Å². The first-order chi connectivity index (χ1) is 14.1. The van der Waals surface area contributed by atoms with Crippen molar-refractivity contribution in [3.8, 4) is 0 Å². The van der Waals surface area contributed by atoms with Gasteiger partial charge in [0.05, 0.1) is 35.2 Å². The molecule has 0 unspecified atom stereocenters. The second kappa shape index (κ2) is 10.0. The highest BCUT2D eigenvalue weighted by atomic mass is 16.5. The Morgan fingerprint density at radius 2 is 1.33 bits per heavy atom. The molecule has 30 heavy (non-hydrogen) atoms. The van der Waals surface area contributed by atoms with Gasteiger partial charge in [0.25, 0.3) is 0 Å². The van der Waals surface area contributed by atoms with Crippen LogP contribution in [0.5, 0.6) is 0 Å². The third kappa shape index (κ3) is 6.17. The quantitative estimate of drug-likeness (QED) is 0.515. The fraction of sp³-hybridized carbons (Fsp3) is 0.455. The molecular weight excluding hydrogens is 390 g/mol. The fourth-order valence-electron chi connectivity index (χ4n) is 3.11. The topological polar surface area (TPSA) is 119 Å². The van der Waals surface area contributed by atoms with Crippen molar-refractivity contribution in [3.63, 3.8) is 0 Å². The predicted octanol–water partition coefficient (Wildman–Crippen LogP) is 3.42. The van der Waals surface area contributed by atoms with Crippen molar-refractivity contribution in [2.24, 2.45) is 11.8 Å². The van der Waals surface area contributed by atoms with Crippen LogP contribution >= 0.6 is 0 Å². The van der Waals surface area contributed by atoms with Crippen molar-refractivity contribution in [2.75, 3.05) is 5.32 Å². The zero-order valence-electron chi connectivity index (χ0n) is 17.5. The van der Waals surface area contributed by atoms with Crippen LogP contribution in [-0.2, 0) is 19.1 Å². The summed E-state index contributed by atoms with van der Waals surface area (Å²) in [7, 11) is 0. The number of rotatable bonds is 7. The van der Waals surface area contributed by atoms with E-state index in [1.54, 1.807) is 39.8 Å². The third-order valence-electron chi connectivity index (χ3n) is 4.44. The monoisotopic (exact) mass is 417 g/mol. The van der Waals surface area contributed by atoms with Crippen LogP contribution < -0.4 is 5.32 Å². The Hall–Kier alpha value is -3.16. The smallest absolute Gasteiger partial charge is 0.338 e. The molecule has 0 aliphatic heterocycles. The van der Waals surface area contributed by atoms with Crippen molar-refractivity contribution >= 4 is 29.5 Å². The number of amides is 1. The van der Waals surface area contributed by atoms with Gasteiger partial charge in [-0.15, -0.1) is 0 Å². The van der Waals surface area contributed by atoms with Crippen LogP contribution in [0.4, 0.5) is 5.69 Å². The molecule has 2 rings (SSSR count). The summed E-state index contributed by atoms with van der Waals surface area (Å²) in [6.07, 6.45) is 3.33. The lowest BCUT2D eigenvalue weighted by Gasteiger charge is -2.24. The van der Waals surface area contributed by atoms with Gasteiger partial charge >= 0.3 is 17.9 Å². The molecule has 1 aromatic carbocycles. The van der Waals surface area contributed by atoms with E-state index in [1.807, 2.05) is 0 Å². The molecule has 0 spiro atoms. The summed E-state index contributed by atoms with van der Waals surface area (Å²) in [4.78, 5) is 49.0. The van der Waals surface area contributed by atoms with Gasteiger partial charge in [-0.25, -0.2) is 9.59 Å². The molecule has 0 saturated carbocycles. The third-order valence-corrected chi connectivity index (χ3v) is 4.44. The van der Waals surface area contributed by atoms with Crippen LogP contribution in [0, 0.1) is 11.8 Å². The molecule has 1 amide bonds. The Balaban J connectivity index is 2.33. The number of nitrogens with one attached hydrogen (secondary N) is 1. The van der Waals surface area contributed by atoms with E-state index in [-0.39, 0.29) is 35.4 Å². The normalized spacial score (nSPS) is 18.2. The van der Waals surface area contributed by atoms with E-state index < -0.39 is 35.7 Å². The average molecular weight is 417 g/mol. The van der Waals surface area contributed by atoms with Gasteiger partial charge in [0, 0.05) is 5.69 Å². The van der Waals surface area contributed by atoms with Gasteiger partial charge in [0.2, 0.25) is 5.91 Å². The Labute approximate surface area is 175 Å². The number of carboxylic acids is 1. The van der Waals surface area contributed by atoms with E-state index >= 15 is 0 Å². The highest BCUT2D eigenvalue weighted by Crippen LogP contribution is 2.28. The lowest BCUT2D eigenvalue weighted by molar-refractivity contribution is -0.146. The first-order valence-corrected chi connectivity index (χ1v) is 9.84. The highest BCUT2D eigenvalue weighted by Gasteiger charge is 2.34. The Bertz CT molecular complexity index is 817. The van der Waals surface area contributed by atoms with Crippen molar-refractivity contribution in [1.82, 2.24) is 0 Å². The molecule has 0 bridgehead atoms. The van der Waals surface area contributed by atoms with E-state index in [2.05, 4.69) is 5.32 Å². The van der Waals surface area contributed by atoms with Crippen LogP contribution in [0.25, 0.3) is 0 Å². The van der Waals surface area contributed by atoms with E-state index in [0.29, 0.717) is 6.42 Å². The standard InChI is InChI=1S/C22H27NO7/c1-12(2)29-21(27)14-9-15(22(28)30-13(3)4)11-16(10-14)23-19(24)17-7-5-6-8-18(17)20(25)26/h5-6,9-13,17-18H,7-8H2,1-4H3,(H,23,24)(H,25,26)/t17-,18-/m1/s1. The largest absolute Gasteiger partial charge is 0.481 e. The highest BCUT2D eigenvalue weighted by molar-refractivity contribution is 6.00. The summed E-state index contributed by atoms with van der Waals surface area (Å²) < 4.78 is 10.4. The maximum absolute atomic E-state index is 12.8. The SMILES string of the molecule is CC(C)OC(=O)c1cc(NC(=O)[C@@H]2CC=CC[C@H]2C(=O)O)cc(C(=O)OC(C)C)c1. The second-order valence-corrected chi connectivity index (χ2v) is 7.69. The summed E-state index contributed by atoms with van der Waals surface area (Å²) in [5.41, 5.74) is 0.346. The summed E-state index contributed by atoms with van der Waals surface area (Å²) in [6, 6.07) is 4.13. The van der Waals surface area contributed by atoms with Crippen molar-refractivity contribution in [2.45, 2.75) is 52.7 Å². The summed E-state index contributed by atoms with van der Waals surface area (Å²) in [6.45, 7) is 6.78. The minimum absolute atomic E-state index is 0.0792. The maximum atomic E-state index is 12.8. The lowest BCUT2D eigenvalue weighted by atomic mass is 9.82. The summed E-state index contributed by atoms with van der Waals surface area (Å²) in [5.74, 6) is -4.44. The van der Waals surface area contributed by atoms with E-state index in [9.17, 15) is 24.3 Å². The first-order valence-electron chi connectivity index (χ1n) is 9.84. The number of carbonyl (C=O) groups is 4. The van der Waals surface area contributed by atoms with Gasteiger partial charge in [-0.05, 0) is 58.7 Å². The van der Waals surface area contributed by atoms with E-state index in [0.717, 1.165) is 0 Å². The number of carbonyl (C=O) groups excluding carboxylic acids is 3. The maximum Gasteiger partial charge on any atom is 0.338 e. The summed E-state index contributed by atoms with van der Waals surface area (Å²) >= 11 is 0. The number of hydrogen-bond acceptors (Lipinski definition) is 6. The Morgan fingerprint density at radius 3 is 1.77 bits per heavy atom. The Kier molecular flexibility index (Phi) is 7.74. The summed E-state index contributed by atoms with van der Waals surface area (Å²) in [5, 5.41) is 12.0. The molecule has 0 radical (unpaired) electrons. The van der Waals surface area contributed by atoms with Gasteiger partial charge in [0.1, 0.15) is 0 Å². The lowest BCUT2D eigenvalue weighted by Crippen LogP contribution is -2.34. The van der Waals surface area contributed by atoms with Crippen molar-refractivity contribution in [1.29, 1.82) is 0 Å². The molecular formula is C22H27NO7. The number of allylic oxidation sites excluding steroid dienone is 2. The average Bonchev–Trinajstić information content (AvgIpc) is 2.66. The number of benzene rings is 1. The molecule has 0 aromatic heterocycles. The molecule has 2 atom stereocenters. The van der Waals surface area contributed by atoms with E-state index in [1.165, 1.54) is 18.2 Å². The van der Waals surface area contributed by atoms with Gasteiger partial charge in [-0.2, -0.15) is 0 Å².